The molecule has 1 atom stereocenters. The largest absolute Gasteiger partial charge is 0.369 e. The molecular weight excluding hydrogens is 312 g/mol. The number of nitrogens with two attached hydrogens (primary N) is 2. The van der Waals surface area contributed by atoms with Crippen LogP contribution in [0.1, 0.15) is 42.9 Å². The molecule has 8 nitrogen and oxygen atoms in total. The summed E-state index contributed by atoms with van der Waals surface area (Å²) >= 11 is 0. The van der Waals surface area contributed by atoms with E-state index in [0.717, 1.165) is 9.80 Å². The first-order valence-corrected chi connectivity index (χ1v) is 7.36. The Hall–Kier alpha value is -2.81. The summed E-state index contributed by atoms with van der Waals surface area (Å²) in [6.07, 6.45) is -1.22. The summed E-state index contributed by atoms with van der Waals surface area (Å²) in [7, 11) is 0. The highest BCUT2D eigenvalue weighted by molar-refractivity contribution is 6.28. The van der Waals surface area contributed by atoms with Crippen molar-refractivity contribution in [2.24, 2.45) is 11.5 Å². The molecule has 2 aromatic carbocycles. The van der Waals surface area contributed by atoms with Crippen LogP contribution in [0.15, 0.2) is 24.3 Å². The zero-order chi connectivity index (χ0) is 17.2. The zero-order valence-corrected chi connectivity index (χ0v) is 12.5. The van der Waals surface area contributed by atoms with Crippen molar-refractivity contribution in [2.45, 2.75) is 6.23 Å². The molecule has 24 heavy (non-hydrogen) atoms. The minimum atomic E-state index is -1.22. The zero-order valence-electron chi connectivity index (χ0n) is 12.5. The van der Waals surface area contributed by atoms with Crippen molar-refractivity contribution >= 4 is 28.5 Å². The fourth-order valence-corrected chi connectivity index (χ4v) is 3.44. The molecule has 0 radical (unpaired) electrons. The Bertz CT molecular complexity index is 917. The van der Waals surface area contributed by atoms with Gasteiger partial charge in [0.15, 0.2) is 6.23 Å². The second kappa shape index (κ2) is 4.84. The molecule has 0 spiro atoms. The van der Waals surface area contributed by atoms with Crippen molar-refractivity contribution in [3.05, 3.63) is 46.5 Å². The van der Waals surface area contributed by atoms with Crippen LogP contribution in [0.5, 0.6) is 0 Å². The Kier molecular flexibility index (Phi) is 2.98. The summed E-state index contributed by atoms with van der Waals surface area (Å²) in [5.74, 6) is -1.47. The van der Waals surface area contributed by atoms with Crippen LogP contribution in [-0.4, -0.2) is 46.0 Å². The van der Waals surface area contributed by atoms with E-state index in [4.69, 9.17) is 11.5 Å². The molecule has 8 heteroatoms. The molecule has 0 aliphatic carbocycles. The Morgan fingerprint density at radius 2 is 1.38 bits per heavy atom. The number of amides is 3. The standard InChI is InChI=1S/C16H14N4O4/c17-5-19-13(21)7-1-2-8-12-10(16(24)20(6-18)14(8)22)4-3-9(11(7)12)15(19)23/h1-4,13,21H,5-6,17-18H2. The van der Waals surface area contributed by atoms with E-state index in [1.54, 1.807) is 6.07 Å². The summed E-state index contributed by atoms with van der Waals surface area (Å²) in [6, 6.07) is 6.14. The summed E-state index contributed by atoms with van der Waals surface area (Å²) in [5.41, 5.74) is 12.4. The lowest BCUT2D eigenvalue weighted by Crippen LogP contribution is -2.45. The first-order chi connectivity index (χ1) is 11.5. The molecule has 122 valence electrons. The molecule has 0 fully saturated rings. The molecule has 5 N–H and O–H groups in total. The highest BCUT2D eigenvalue weighted by Crippen LogP contribution is 2.40. The number of aliphatic hydroxyl groups excluding tert-OH is 1. The Balaban J connectivity index is 2.12. The molecule has 4 rings (SSSR count). The Morgan fingerprint density at radius 3 is 1.92 bits per heavy atom. The number of hydrogen-bond donors (Lipinski definition) is 3. The SMILES string of the molecule is NCN1C(=O)c2ccc3c4c(ccc(c24)C1=O)C(O)N(CN)C3=O. The molecular formula is C16H14N4O4. The van der Waals surface area contributed by atoms with E-state index >= 15 is 0 Å². The van der Waals surface area contributed by atoms with E-state index in [1.807, 2.05) is 0 Å². The molecule has 2 heterocycles. The maximum absolute atomic E-state index is 12.5. The van der Waals surface area contributed by atoms with Crippen LogP contribution in [0, 0.1) is 0 Å². The smallest absolute Gasteiger partial charge is 0.262 e. The number of carbonyl (C=O) groups is 3. The fraction of sp³-hybridized carbons (Fsp3) is 0.188. The van der Waals surface area contributed by atoms with Crippen molar-refractivity contribution in [3.63, 3.8) is 0 Å². The molecule has 0 aromatic heterocycles. The van der Waals surface area contributed by atoms with Crippen LogP contribution in [0.4, 0.5) is 0 Å². The van der Waals surface area contributed by atoms with Gasteiger partial charge in [-0.15, -0.1) is 0 Å². The minimum absolute atomic E-state index is 0.150. The molecule has 3 amide bonds. The van der Waals surface area contributed by atoms with Crippen molar-refractivity contribution < 1.29 is 19.5 Å². The van der Waals surface area contributed by atoms with Gasteiger partial charge in [0.05, 0.1) is 13.3 Å². The van der Waals surface area contributed by atoms with Crippen molar-refractivity contribution in [2.75, 3.05) is 13.3 Å². The fourth-order valence-electron chi connectivity index (χ4n) is 3.44. The number of aliphatic hydroxyl groups is 1. The van der Waals surface area contributed by atoms with Gasteiger partial charge >= 0.3 is 0 Å². The second-order valence-electron chi connectivity index (χ2n) is 5.67. The van der Waals surface area contributed by atoms with Crippen molar-refractivity contribution in [1.82, 2.24) is 9.80 Å². The normalized spacial score (nSPS) is 19.5. The third-order valence-corrected chi connectivity index (χ3v) is 4.59. The summed E-state index contributed by atoms with van der Waals surface area (Å²) in [5, 5.41) is 11.2. The Morgan fingerprint density at radius 1 is 0.833 bits per heavy atom. The highest BCUT2D eigenvalue weighted by Gasteiger charge is 2.38. The summed E-state index contributed by atoms with van der Waals surface area (Å²) in [6.45, 7) is -0.381. The first kappa shape index (κ1) is 14.8. The van der Waals surface area contributed by atoms with E-state index in [2.05, 4.69) is 0 Å². The van der Waals surface area contributed by atoms with E-state index in [9.17, 15) is 19.5 Å². The van der Waals surface area contributed by atoms with Gasteiger partial charge in [0.2, 0.25) is 0 Å². The maximum Gasteiger partial charge on any atom is 0.262 e. The van der Waals surface area contributed by atoms with Gasteiger partial charge in [-0.1, -0.05) is 6.07 Å². The average molecular weight is 326 g/mol. The number of rotatable bonds is 2. The summed E-state index contributed by atoms with van der Waals surface area (Å²) < 4.78 is 0. The lowest BCUT2D eigenvalue weighted by Gasteiger charge is -2.35. The van der Waals surface area contributed by atoms with Gasteiger partial charge in [0.25, 0.3) is 17.7 Å². The molecule has 2 aliphatic rings. The van der Waals surface area contributed by atoms with Crippen molar-refractivity contribution in [1.29, 1.82) is 0 Å². The first-order valence-electron chi connectivity index (χ1n) is 7.36. The van der Waals surface area contributed by atoms with Crippen LogP contribution in [0.2, 0.25) is 0 Å². The van der Waals surface area contributed by atoms with E-state index in [0.29, 0.717) is 21.9 Å². The lowest BCUT2D eigenvalue weighted by molar-refractivity contribution is 0.00603. The monoisotopic (exact) mass is 326 g/mol. The molecule has 1 unspecified atom stereocenters. The van der Waals surface area contributed by atoms with E-state index in [-0.39, 0.29) is 24.5 Å². The number of hydrogen-bond acceptors (Lipinski definition) is 6. The van der Waals surface area contributed by atoms with Gasteiger partial charge in [-0.2, -0.15) is 0 Å². The summed E-state index contributed by atoms with van der Waals surface area (Å²) in [4.78, 5) is 39.6. The third-order valence-electron chi connectivity index (χ3n) is 4.59. The second-order valence-corrected chi connectivity index (χ2v) is 5.67. The number of carbonyl (C=O) groups excluding carboxylic acids is 3. The Labute approximate surface area is 136 Å². The van der Waals surface area contributed by atoms with Gasteiger partial charge in [0.1, 0.15) is 0 Å². The van der Waals surface area contributed by atoms with Crippen LogP contribution >= 0.6 is 0 Å². The van der Waals surface area contributed by atoms with Gasteiger partial charge < -0.3 is 16.6 Å². The van der Waals surface area contributed by atoms with Crippen LogP contribution in [-0.2, 0) is 0 Å². The molecule has 2 aromatic rings. The minimum Gasteiger partial charge on any atom is -0.369 e. The van der Waals surface area contributed by atoms with Crippen LogP contribution < -0.4 is 11.5 Å². The van der Waals surface area contributed by atoms with Gasteiger partial charge in [-0.05, 0) is 18.2 Å². The molecule has 0 saturated carbocycles. The molecule has 0 saturated heterocycles. The quantitative estimate of drug-likeness (QED) is 0.650. The average Bonchev–Trinajstić information content (AvgIpc) is 2.58. The molecule has 0 bridgehead atoms. The topological polar surface area (TPSA) is 130 Å². The number of benzene rings is 2. The van der Waals surface area contributed by atoms with Gasteiger partial charge in [-0.3, -0.25) is 24.2 Å². The van der Waals surface area contributed by atoms with Gasteiger partial charge in [0, 0.05) is 33.0 Å². The van der Waals surface area contributed by atoms with Crippen molar-refractivity contribution in [3.8, 4) is 0 Å². The maximum atomic E-state index is 12.5. The predicted molar refractivity (Wildman–Crippen MR) is 83.7 cm³/mol. The highest BCUT2D eigenvalue weighted by atomic mass is 16.3. The van der Waals surface area contributed by atoms with E-state index < -0.39 is 23.9 Å². The van der Waals surface area contributed by atoms with E-state index in [1.165, 1.54) is 18.2 Å². The van der Waals surface area contributed by atoms with Crippen LogP contribution in [0.3, 0.4) is 0 Å². The molecule has 2 aliphatic heterocycles. The lowest BCUT2D eigenvalue weighted by atomic mass is 9.86. The number of imide groups is 1. The number of nitrogens with zero attached hydrogens (tertiary/aromatic N) is 2. The van der Waals surface area contributed by atoms with Gasteiger partial charge in [-0.25, -0.2) is 0 Å². The third kappa shape index (κ3) is 1.59. The van der Waals surface area contributed by atoms with Crippen LogP contribution in [0.25, 0.3) is 10.8 Å². The predicted octanol–water partition coefficient (Wildman–Crippen LogP) is -0.285.